The van der Waals surface area contributed by atoms with Crippen molar-refractivity contribution in [1.29, 1.82) is 0 Å². The summed E-state index contributed by atoms with van der Waals surface area (Å²) in [5.74, 6) is 0.367. The molecule has 20 heavy (non-hydrogen) atoms. The van der Waals surface area contributed by atoms with Gasteiger partial charge in [0, 0.05) is 31.6 Å². The van der Waals surface area contributed by atoms with Crippen molar-refractivity contribution < 1.29 is 4.79 Å². The first-order chi connectivity index (χ1) is 9.70. The van der Waals surface area contributed by atoms with Gasteiger partial charge in [0.15, 0.2) is 0 Å². The summed E-state index contributed by atoms with van der Waals surface area (Å²) >= 11 is 0. The van der Waals surface area contributed by atoms with E-state index in [9.17, 15) is 4.79 Å². The van der Waals surface area contributed by atoms with Gasteiger partial charge in [0.2, 0.25) is 5.91 Å². The molecule has 0 radical (unpaired) electrons. The van der Waals surface area contributed by atoms with Gasteiger partial charge in [-0.15, -0.1) is 0 Å². The lowest BCUT2D eigenvalue weighted by Crippen LogP contribution is -2.48. The largest absolute Gasteiger partial charge is 0.343 e. The molecule has 2 atom stereocenters. The molecule has 2 fully saturated rings. The standard InChI is InChI=1S/C17H32N2O/c1-3-4-5-6-7-8-9-17(20)19(2)16-12-14-10-11-15(13-16)18-14/h14-16,18H,3-13H2,1-2H3. The Morgan fingerprint density at radius 1 is 1.05 bits per heavy atom. The lowest BCUT2D eigenvalue weighted by molar-refractivity contribution is -0.132. The van der Waals surface area contributed by atoms with Gasteiger partial charge in [-0.3, -0.25) is 4.79 Å². The van der Waals surface area contributed by atoms with Crippen LogP contribution in [0.25, 0.3) is 0 Å². The third kappa shape index (κ3) is 4.47. The molecule has 2 aliphatic heterocycles. The number of rotatable bonds is 8. The molecule has 3 heteroatoms. The zero-order valence-electron chi connectivity index (χ0n) is 13.4. The Balaban J connectivity index is 1.62. The van der Waals surface area contributed by atoms with Gasteiger partial charge in [-0.1, -0.05) is 39.0 Å². The van der Waals surface area contributed by atoms with Gasteiger partial charge in [0.05, 0.1) is 0 Å². The second-order valence-corrected chi connectivity index (χ2v) is 6.79. The fraction of sp³-hybridized carbons (Fsp3) is 0.941. The number of amides is 1. The molecule has 3 nitrogen and oxygen atoms in total. The van der Waals surface area contributed by atoms with Crippen molar-refractivity contribution in [3.05, 3.63) is 0 Å². The highest BCUT2D eigenvalue weighted by Crippen LogP contribution is 2.29. The van der Waals surface area contributed by atoms with Crippen LogP contribution in [0.3, 0.4) is 0 Å². The van der Waals surface area contributed by atoms with E-state index < -0.39 is 0 Å². The molecular formula is C17H32N2O. The van der Waals surface area contributed by atoms with E-state index in [4.69, 9.17) is 0 Å². The van der Waals surface area contributed by atoms with E-state index in [1.807, 2.05) is 7.05 Å². The molecular weight excluding hydrogens is 248 g/mol. The molecule has 0 aromatic rings. The highest BCUT2D eigenvalue weighted by atomic mass is 16.2. The van der Waals surface area contributed by atoms with E-state index in [1.165, 1.54) is 44.9 Å². The minimum atomic E-state index is 0.367. The summed E-state index contributed by atoms with van der Waals surface area (Å²) in [6.45, 7) is 2.24. The number of carbonyl (C=O) groups is 1. The molecule has 2 rings (SSSR count). The maximum atomic E-state index is 12.3. The molecule has 0 aliphatic carbocycles. The van der Waals surface area contributed by atoms with Crippen LogP contribution in [-0.2, 0) is 4.79 Å². The number of fused-ring (bicyclic) bond motifs is 2. The van der Waals surface area contributed by atoms with Crippen LogP contribution in [0.1, 0.15) is 77.6 Å². The van der Waals surface area contributed by atoms with Crippen molar-refractivity contribution in [2.24, 2.45) is 0 Å². The number of piperidine rings is 1. The molecule has 1 amide bonds. The molecule has 0 aromatic carbocycles. The predicted octanol–water partition coefficient (Wildman–Crippen LogP) is 3.48. The lowest BCUT2D eigenvalue weighted by Gasteiger charge is -2.35. The third-order valence-corrected chi connectivity index (χ3v) is 5.13. The van der Waals surface area contributed by atoms with Gasteiger partial charge in [-0.05, 0) is 32.1 Å². The summed E-state index contributed by atoms with van der Waals surface area (Å²) in [6, 6.07) is 1.83. The minimum Gasteiger partial charge on any atom is -0.343 e. The maximum absolute atomic E-state index is 12.3. The van der Waals surface area contributed by atoms with Gasteiger partial charge in [0.25, 0.3) is 0 Å². The summed E-state index contributed by atoms with van der Waals surface area (Å²) in [6.07, 6.45) is 13.2. The molecule has 0 saturated carbocycles. The number of hydrogen-bond donors (Lipinski definition) is 1. The van der Waals surface area contributed by atoms with E-state index in [1.54, 1.807) is 0 Å². The fourth-order valence-corrected chi connectivity index (χ4v) is 3.78. The zero-order valence-corrected chi connectivity index (χ0v) is 13.4. The second kappa shape index (κ2) is 8.02. The summed E-state index contributed by atoms with van der Waals surface area (Å²) < 4.78 is 0. The van der Waals surface area contributed by atoms with Crippen LogP contribution < -0.4 is 5.32 Å². The topological polar surface area (TPSA) is 32.3 Å². The monoisotopic (exact) mass is 280 g/mol. The van der Waals surface area contributed by atoms with Gasteiger partial charge in [-0.25, -0.2) is 0 Å². The van der Waals surface area contributed by atoms with Crippen molar-refractivity contribution in [2.75, 3.05) is 7.05 Å². The van der Waals surface area contributed by atoms with Crippen LogP contribution >= 0.6 is 0 Å². The van der Waals surface area contributed by atoms with Crippen LogP contribution in [0.2, 0.25) is 0 Å². The summed E-state index contributed by atoms with van der Waals surface area (Å²) in [5, 5.41) is 3.65. The summed E-state index contributed by atoms with van der Waals surface area (Å²) in [5.41, 5.74) is 0. The molecule has 0 aromatic heterocycles. The van der Waals surface area contributed by atoms with E-state index >= 15 is 0 Å². The van der Waals surface area contributed by atoms with Crippen LogP contribution in [0.5, 0.6) is 0 Å². The zero-order chi connectivity index (χ0) is 14.4. The Morgan fingerprint density at radius 3 is 2.30 bits per heavy atom. The molecule has 2 saturated heterocycles. The molecule has 2 bridgehead atoms. The van der Waals surface area contributed by atoms with Crippen molar-refractivity contribution in [3.63, 3.8) is 0 Å². The average Bonchev–Trinajstić information content (AvgIpc) is 2.80. The van der Waals surface area contributed by atoms with Crippen molar-refractivity contribution in [2.45, 2.75) is 95.7 Å². The van der Waals surface area contributed by atoms with Crippen molar-refractivity contribution in [3.8, 4) is 0 Å². The Bertz CT molecular complexity index is 293. The Hall–Kier alpha value is -0.570. The number of carbonyl (C=O) groups excluding carboxylic acids is 1. The molecule has 2 aliphatic rings. The normalized spacial score (nSPS) is 28.6. The van der Waals surface area contributed by atoms with Gasteiger partial charge < -0.3 is 10.2 Å². The number of unbranched alkanes of at least 4 members (excludes halogenated alkanes) is 5. The number of nitrogens with one attached hydrogen (secondary N) is 1. The maximum Gasteiger partial charge on any atom is 0.222 e. The first-order valence-corrected chi connectivity index (χ1v) is 8.72. The number of nitrogens with zero attached hydrogens (tertiary/aromatic N) is 1. The summed E-state index contributed by atoms with van der Waals surface area (Å²) in [4.78, 5) is 14.3. The van der Waals surface area contributed by atoms with Gasteiger partial charge in [-0.2, -0.15) is 0 Å². The molecule has 1 N–H and O–H groups in total. The predicted molar refractivity (Wildman–Crippen MR) is 83.7 cm³/mol. The van der Waals surface area contributed by atoms with Crippen LogP contribution in [0.15, 0.2) is 0 Å². The Labute approximate surface area is 124 Å². The smallest absolute Gasteiger partial charge is 0.222 e. The third-order valence-electron chi connectivity index (χ3n) is 5.13. The first kappa shape index (κ1) is 15.8. The Kier molecular flexibility index (Phi) is 6.34. The van der Waals surface area contributed by atoms with Crippen molar-refractivity contribution in [1.82, 2.24) is 10.2 Å². The lowest BCUT2D eigenvalue weighted by atomic mass is 9.98. The highest BCUT2D eigenvalue weighted by molar-refractivity contribution is 5.76. The summed E-state index contributed by atoms with van der Waals surface area (Å²) in [7, 11) is 2.02. The van der Waals surface area contributed by atoms with Crippen LogP contribution in [0, 0.1) is 0 Å². The fourth-order valence-electron chi connectivity index (χ4n) is 3.78. The van der Waals surface area contributed by atoms with E-state index in [2.05, 4.69) is 17.1 Å². The SMILES string of the molecule is CCCCCCCCC(=O)N(C)C1CC2CCC(C1)N2. The van der Waals surface area contributed by atoms with Crippen LogP contribution in [-0.4, -0.2) is 36.0 Å². The molecule has 116 valence electrons. The first-order valence-electron chi connectivity index (χ1n) is 8.72. The van der Waals surface area contributed by atoms with E-state index in [-0.39, 0.29) is 0 Å². The molecule has 2 unspecified atom stereocenters. The second-order valence-electron chi connectivity index (χ2n) is 6.79. The quantitative estimate of drug-likeness (QED) is 0.690. The molecule has 2 heterocycles. The van der Waals surface area contributed by atoms with E-state index in [0.717, 1.165) is 25.7 Å². The highest BCUT2D eigenvalue weighted by Gasteiger charge is 2.36. The van der Waals surface area contributed by atoms with Gasteiger partial charge >= 0.3 is 0 Å². The number of hydrogen-bond acceptors (Lipinski definition) is 2. The molecule has 0 spiro atoms. The van der Waals surface area contributed by atoms with E-state index in [0.29, 0.717) is 24.0 Å². The Morgan fingerprint density at radius 2 is 1.65 bits per heavy atom. The average molecular weight is 280 g/mol. The van der Waals surface area contributed by atoms with Gasteiger partial charge in [0.1, 0.15) is 0 Å². The van der Waals surface area contributed by atoms with Crippen LogP contribution in [0.4, 0.5) is 0 Å². The van der Waals surface area contributed by atoms with Crippen molar-refractivity contribution >= 4 is 5.91 Å². The minimum absolute atomic E-state index is 0.367.